The predicted molar refractivity (Wildman–Crippen MR) is 101 cm³/mol. The van der Waals surface area contributed by atoms with Gasteiger partial charge in [-0.3, -0.25) is 9.69 Å². The quantitative estimate of drug-likeness (QED) is 0.653. The second-order valence-corrected chi connectivity index (χ2v) is 7.56. The van der Waals surface area contributed by atoms with Gasteiger partial charge in [-0.1, -0.05) is 23.5 Å². The van der Waals surface area contributed by atoms with Crippen molar-refractivity contribution in [2.24, 2.45) is 0 Å². The number of hydrogen-bond acceptors (Lipinski definition) is 4. The van der Waals surface area contributed by atoms with E-state index in [4.69, 9.17) is 4.74 Å². The maximum Gasteiger partial charge on any atom is 0.233 e. The van der Waals surface area contributed by atoms with Gasteiger partial charge in [-0.2, -0.15) is 0 Å². The van der Waals surface area contributed by atoms with Crippen LogP contribution in [-0.4, -0.2) is 30.1 Å². The summed E-state index contributed by atoms with van der Waals surface area (Å²) in [5.41, 5.74) is 1.38. The molecule has 2 heterocycles. The molecule has 1 amide bonds. The molecule has 0 saturated carbocycles. The number of halogens is 2. The van der Waals surface area contributed by atoms with Gasteiger partial charge in [-0.05, 0) is 48.7 Å². The molecule has 4 rings (SSSR count). The summed E-state index contributed by atoms with van der Waals surface area (Å²) in [6.07, 6.45) is 1.96. The SMILES string of the molecule is O=C(Cc1ccc(F)cc1)N(CC1CCCO1)c1nc2ccc(F)cc2s1. The molecule has 140 valence electrons. The van der Waals surface area contributed by atoms with Gasteiger partial charge in [0.15, 0.2) is 5.13 Å². The zero-order valence-electron chi connectivity index (χ0n) is 14.5. The maximum absolute atomic E-state index is 13.5. The number of carbonyl (C=O) groups is 1. The number of thiazole rings is 1. The average molecular weight is 388 g/mol. The third kappa shape index (κ3) is 4.14. The minimum Gasteiger partial charge on any atom is -0.376 e. The van der Waals surface area contributed by atoms with Crippen molar-refractivity contribution in [2.75, 3.05) is 18.1 Å². The van der Waals surface area contributed by atoms with Crippen LogP contribution < -0.4 is 4.90 Å². The Hall–Kier alpha value is -2.38. The zero-order valence-corrected chi connectivity index (χ0v) is 15.3. The Kier molecular flexibility index (Phi) is 5.13. The fourth-order valence-corrected chi connectivity index (χ4v) is 4.17. The minimum absolute atomic E-state index is 0.0362. The van der Waals surface area contributed by atoms with Crippen LogP contribution in [0.2, 0.25) is 0 Å². The third-order valence-electron chi connectivity index (χ3n) is 4.55. The van der Waals surface area contributed by atoms with E-state index in [-0.39, 0.29) is 30.1 Å². The molecule has 1 aliphatic rings. The lowest BCUT2D eigenvalue weighted by Crippen LogP contribution is -2.38. The Morgan fingerprint density at radius 3 is 2.70 bits per heavy atom. The Morgan fingerprint density at radius 2 is 1.96 bits per heavy atom. The van der Waals surface area contributed by atoms with Crippen LogP contribution in [0.1, 0.15) is 18.4 Å². The van der Waals surface area contributed by atoms with Gasteiger partial charge in [0.25, 0.3) is 0 Å². The number of ether oxygens (including phenoxy) is 1. The molecule has 0 N–H and O–H groups in total. The highest BCUT2D eigenvalue weighted by atomic mass is 32.1. The standard InChI is InChI=1S/C20H18F2N2O2S/c21-14-5-3-13(4-6-14)10-19(25)24(12-16-2-1-9-26-16)20-23-17-8-7-15(22)11-18(17)27-20/h3-8,11,16H,1-2,9-10,12H2. The van der Waals surface area contributed by atoms with Crippen molar-refractivity contribution >= 4 is 32.6 Å². The molecule has 27 heavy (non-hydrogen) atoms. The highest BCUT2D eigenvalue weighted by Gasteiger charge is 2.26. The maximum atomic E-state index is 13.5. The largest absolute Gasteiger partial charge is 0.376 e. The topological polar surface area (TPSA) is 42.4 Å². The number of fused-ring (bicyclic) bond motifs is 1. The van der Waals surface area contributed by atoms with E-state index in [2.05, 4.69) is 4.98 Å². The number of benzene rings is 2. The van der Waals surface area contributed by atoms with Gasteiger partial charge in [0.2, 0.25) is 5.91 Å². The van der Waals surface area contributed by atoms with E-state index in [0.717, 1.165) is 18.4 Å². The van der Waals surface area contributed by atoms with Crippen LogP contribution in [0.5, 0.6) is 0 Å². The lowest BCUT2D eigenvalue weighted by Gasteiger charge is -2.23. The van der Waals surface area contributed by atoms with Crippen molar-refractivity contribution in [3.8, 4) is 0 Å². The number of amides is 1. The first-order valence-corrected chi connectivity index (χ1v) is 9.62. The second-order valence-electron chi connectivity index (χ2n) is 6.55. The molecular formula is C20H18F2N2O2S. The van der Waals surface area contributed by atoms with Crippen LogP contribution in [0.3, 0.4) is 0 Å². The van der Waals surface area contributed by atoms with Gasteiger partial charge in [0.1, 0.15) is 11.6 Å². The molecule has 1 aliphatic heterocycles. The fourth-order valence-electron chi connectivity index (χ4n) is 3.15. The molecule has 0 spiro atoms. The number of anilines is 1. The van der Waals surface area contributed by atoms with Crippen LogP contribution >= 0.6 is 11.3 Å². The first kappa shape index (κ1) is 18.0. The van der Waals surface area contributed by atoms with E-state index < -0.39 is 0 Å². The highest BCUT2D eigenvalue weighted by Crippen LogP contribution is 2.31. The van der Waals surface area contributed by atoms with E-state index in [1.807, 2.05) is 0 Å². The third-order valence-corrected chi connectivity index (χ3v) is 5.59. The van der Waals surface area contributed by atoms with E-state index in [1.54, 1.807) is 23.1 Å². The van der Waals surface area contributed by atoms with E-state index >= 15 is 0 Å². The number of hydrogen-bond donors (Lipinski definition) is 0. The van der Waals surface area contributed by atoms with Crippen molar-refractivity contribution in [1.29, 1.82) is 0 Å². The minimum atomic E-state index is -0.337. The van der Waals surface area contributed by atoms with Gasteiger partial charge in [0, 0.05) is 6.61 Å². The van der Waals surface area contributed by atoms with Crippen molar-refractivity contribution in [1.82, 2.24) is 4.98 Å². The van der Waals surface area contributed by atoms with Crippen molar-refractivity contribution in [3.05, 3.63) is 59.7 Å². The summed E-state index contributed by atoms with van der Waals surface area (Å²) in [5.74, 6) is -0.812. The summed E-state index contributed by atoms with van der Waals surface area (Å²) in [6, 6.07) is 10.3. The molecular weight excluding hydrogens is 370 g/mol. The normalized spacial score (nSPS) is 16.7. The van der Waals surface area contributed by atoms with Crippen LogP contribution in [0.25, 0.3) is 10.2 Å². The Bertz CT molecular complexity index is 952. The van der Waals surface area contributed by atoms with Crippen molar-refractivity contribution in [3.63, 3.8) is 0 Å². The first-order chi connectivity index (χ1) is 13.1. The molecule has 4 nitrogen and oxygen atoms in total. The number of rotatable bonds is 5. The molecule has 3 aromatic rings. The Morgan fingerprint density at radius 1 is 1.19 bits per heavy atom. The molecule has 1 atom stereocenters. The number of nitrogens with zero attached hydrogens (tertiary/aromatic N) is 2. The van der Waals surface area contributed by atoms with Gasteiger partial charge in [-0.15, -0.1) is 0 Å². The molecule has 0 bridgehead atoms. The smallest absolute Gasteiger partial charge is 0.233 e. The number of aromatic nitrogens is 1. The van der Waals surface area contributed by atoms with Crippen molar-refractivity contribution in [2.45, 2.75) is 25.4 Å². The Labute approximate surface area is 159 Å². The summed E-state index contributed by atoms with van der Waals surface area (Å²) < 4.78 is 33.0. The van der Waals surface area contributed by atoms with Gasteiger partial charge in [0.05, 0.1) is 29.3 Å². The average Bonchev–Trinajstić information content (AvgIpc) is 3.30. The molecule has 1 aromatic heterocycles. The molecule has 1 saturated heterocycles. The summed E-state index contributed by atoms with van der Waals surface area (Å²) in [4.78, 5) is 19.1. The molecule has 2 aromatic carbocycles. The summed E-state index contributed by atoms with van der Waals surface area (Å²) in [7, 11) is 0. The molecule has 7 heteroatoms. The van der Waals surface area contributed by atoms with Crippen molar-refractivity contribution < 1.29 is 18.3 Å². The number of carbonyl (C=O) groups excluding carboxylic acids is 1. The van der Waals surface area contributed by atoms with E-state index in [1.165, 1.54) is 35.6 Å². The van der Waals surface area contributed by atoms with Gasteiger partial charge >= 0.3 is 0 Å². The van der Waals surface area contributed by atoms with Crippen LogP contribution in [0.15, 0.2) is 42.5 Å². The second kappa shape index (κ2) is 7.70. The van der Waals surface area contributed by atoms with Gasteiger partial charge < -0.3 is 4.74 Å². The van der Waals surface area contributed by atoms with E-state index in [0.29, 0.717) is 28.5 Å². The predicted octanol–water partition coefficient (Wildman–Crippen LogP) is 4.33. The fraction of sp³-hybridized carbons (Fsp3) is 0.300. The summed E-state index contributed by atoms with van der Waals surface area (Å²) >= 11 is 1.28. The molecule has 0 radical (unpaired) electrons. The Balaban J connectivity index is 1.62. The highest BCUT2D eigenvalue weighted by molar-refractivity contribution is 7.22. The van der Waals surface area contributed by atoms with E-state index in [9.17, 15) is 13.6 Å². The molecule has 1 unspecified atom stereocenters. The first-order valence-electron chi connectivity index (χ1n) is 8.81. The monoisotopic (exact) mass is 388 g/mol. The van der Waals surface area contributed by atoms with Crippen LogP contribution in [-0.2, 0) is 16.0 Å². The molecule has 0 aliphatic carbocycles. The zero-order chi connectivity index (χ0) is 18.8. The lowest BCUT2D eigenvalue weighted by molar-refractivity contribution is -0.118. The molecule has 1 fully saturated rings. The van der Waals surface area contributed by atoms with Crippen LogP contribution in [0.4, 0.5) is 13.9 Å². The van der Waals surface area contributed by atoms with Gasteiger partial charge in [-0.25, -0.2) is 13.8 Å². The lowest BCUT2D eigenvalue weighted by atomic mass is 10.1. The van der Waals surface area contributed by atoms with Crippen LogP contribution in [0, 0.1) is 11.6 Å². The summed E-state index contributed by atoms with van der Waals surface area (Å²) in [5, 5.41) is 0.526. The summed E-state index contributed by atoms with van der Waals surface area (Å²) in [6.45, 7) is 1.10.